The number of halogens is 1. The lowest BCUT2D eigenvalue weighted by atomic mass is 10.1. The van der Waals surface area contributed by atoms with Gasteiger partial charge in [-0.05, 0) is 60.9 Å². The van der Waals surface area contributed by atoms with Crippen LogP contribution in [0.2, 0.25) is 0 Å². The van der Waals surface area contributed by atoms with E-state index >= 15 is 0 Å². The fourth-order valence-corrected chi connectivity index (χ4v) is 3.94. The molecule has 172 valence electrons. The summed E-state index contributed by atoms with van der Waals surface area (Å²) in [6, 6.07) is 22.0. The summed E-state index contributed by atoms with van der Waals surface area (Å²) in [5.41, 5.74) is 6.89. The number of anilines is 1. The minimum atomic E-state index is -0.878. The standard InChI is InChI=1S/C26H23BrN4O3/c1-16-7-6-10-21(17(16)2)29-24(32)23-14-19-13-20(27)11-12-22(19)31(23)30-26(34)25(33)28-15-18-8-4-3-5-9-18/h3-14H,15H2,1-2H3,(H,28,33)(H,29,32)(H,30,34). The van der Waals surface area contributed by atoms with Crippen LogP contribution >= 0.6 is 15.9 Å². The molecule has 0 saturated carbocycles. The predicted molar refractivity (Wildman–Crippen MR) is 136 cm³/mol. The molecule has 0 aliphatic carbocycles. The largest absolute Gasteiger partial charge is 0.344 e. The third-order valence-corrected chi connectivity index (χ3v) is 6.06. The molecular formula is C26H23BrN4O3. The van der Waals surface area contributed by atoms with Crippen LogP contribution in [0.15, 0.2) is 77.3 Å². The maximum absolute atomic E-state index is 13.2. The first-order chi connectivity index (χ1) is 16.3. The Morgan fingerprint density at radius 1 is 0.882 bits per heavy atom. The quantitative estimate of drug-likeness (QED) is 0.335. The number of benzene rings is 3. The number of hydrogen-bond donors (Lipinski definition) is 3. The molecule has 0 aliphatic heterocycles. The maximum Gasteiger partial charge on any atom is 0.328 e. The number of amides is 3. The molecule has 0 atom stereocenters. The van der Waals surface area contributed by atoms with Crippen molar-refractivity contribution in [1.82, 2.24) is 9.99 Å². The normalized spacial score (nSPS) is 10.7. The van der Waals surface area contributed by atoms with E-state index in [1.807, 2.05) is 68.4 Å². The Balaban J connectivity index is 1.60. The molecule has 0 radical (unpaired) electrons. The van der Waals surface area contributed by atoms with Crippen molar-refractivity contribution in [2.24, 2.45) is 0 Å². The number of rotatable bonds is 5. The summed E-state index contributed by atoms with van der Waals surface area (Å²) >= 11 is 3.43. The summed E-state index contributed by atoms with van der Waals surface area (Å²) in [5, 5.41) is 6.23. The fraction of sp³-hybridized carbons (Fsp3) is 0.115. The predicted octanol–water partition coefficient (Wildman–Crippen LogP) is 4.66. The van der Waals surface area contributed by atoms with Gasteiger partial charge in [0, 0.05) is 22.1 Å². The van der Waals surface area contributed by atoms with E-state index in [9.17, 15) is 14.4 Å². The Morgan fingerprint density at radius 2 is 1.65 bits per heavy atom. The van der Waals surface area contributed by atoms with Crippen LogP contribution < -0.4 is 16.1 Å². The van der Waals surface area contributed by atoms with Gasteiger partial charge in [0.25, 0.3) is 5.91 Å². The smallest absolute Gasteiger partial charge is 0.328 e. The van der Waals surface area contributed by atoms with E-state index in [0.717, 1.165) is 26.5 Å². The van der Waals surface area contributed by atoms with E-state index in [4.69, 9.17) is 0 Å². The van der Waals surface area contributed by atoms with Crippen LogP contribution in [0.5, 0.6) is 0 Å². The molecule has 4 aromatic rings. The molecule has 3 aromatic carbocycles. The Hall–Kier alpha value is -3.91. The second-order valence-corrected chi connectivity index (χ2v) is 8.79. The number of carbonyl (C=O) groups is 3. The van der Waals surface area contributed by atoms with Gasteiger partial charge in [0.1, 0.15) is 5.69 Å². The van der Waals surface area contributed by atoms with Crippen LogP contribution in [-0.2, 0) is 16.1 Å². The maximum atomic E-state index is 13.2. The Bertz CT molecular complexity index is 1400. The molecule has 0 unspecified atom stereocenters. The van der Waals surface area contributed by atoms with E-state index in [0.29, 0.717) is 11.2 Å². The summed E-state index contributed by atoms with van der Waals surface area (Å²) in [6.45, 7) is 4.11. The van der Waals surface area contributed by atoms with Crippen molar-refractivity contribution in [3.63, 3.8) is 0 Å². The van der Waals surface area contributed by atoms with Crippen LogP contribution in [-0.4, -0.2) is 22.4 Å². The Kier molecular flexibility index (Phi) is 6.79. The summed E-state index contributed by atoms with van der Waals surface area (Å²) in [4.78, 5) is 38.4. The van der Waals surface area contributed by atoms with Gasteiger partial charge < -0.3 is 10.6 Å². The van der Waals surface area contributed by atoms with Crippen LogP contribution in [0.25, 0.3) is 10.9 Å². The molecule has 1 heterocycles. The van der Waals surface area contributed by atoms with Crippen molar-refractivity contribution in [2.75, 3.05) is 10.7 Å². The average Bonchev–Trinajstić information content (AvgIpc) is 3.18. The highest BCUT2D eigenvalue weighted by molar-refractivity contribution is 9.10. The van der Waals surface area contributed by atoms with E-state index in [1.54, 1.807) is 18.2 Å². The highest BCUT2D eigenvalue weighted by Gasteiger charge is 2.21. The van der Waals surface area contributed by atoms with Crippen LogP contribution in [0.1, 0.15) is 27.2 Å². The van der Waals surface area contributed by atoms with E-state index < -0.39 is 17.7 Å². The van der Waals surface area contributed by atoms with Crippen molar-refractivity contribution in [3.05, 3.63) is 99.7 Å². The zero-order valence-corrected chi connectivity index (χ0v) is 20.3. The lowest BCUT2D eigenvalue weighted by Crippen LogP contribution is -2.39. The van der Waals surface area contributed by atoms with Gasteiger partial charge in [0.15, 0.2) is 0 Å². The molecule has 34 heavy (non-hydrogen) atoms. The van der Waals surface area contributed by atoms with Gasteiger partial charge in [0.05, 0.1) is 5.52 Å². The van der Waals surface area contributed by atoms with E-state index in [-0.39, 0.29) is 12.2 Å². The first-order valence-electron chi connectivity index (χ1n) is 10.6. The fourth-order valence-electron chi connectivity index (χ4n) is 3.56. The molecule has 0 spiro atoms. The molecule has 3 amide bonds. The molecule has 4 rings (SSSR count). The summed E-state index contributed by atoms with van der Waals surface area (Å²) in [5.74, 6) is -2.09. The van der Waals surface area contributed by atoms with Crippen LogP contribution in [0.3, 0.4) is 0 Å². The second kappa shape index (κ2) is 9.93. The Morgan fingerprint density at radius 3 is 2.41 bits per heavy atom. The van der Waals surface area contributed by atoms with Crippen molar-refractivity contribution in [3.8, 4) is 0 Å². The van der Waals surface area contributed by atoms with E-state index in [1.165, 1.54) is 4.68 Å². The topological polar surface area (TPSA) is 92.2 Å². The number of nitrogens with zero attached hydrogens (tertiary/aromatic N) is 1. The van der Waals surface area contributed by atoms with Gasteiger partial charge in [-0.25, -0.2) is 4.68 Å². The van der Waals surface area contributed by atoms with Gasteiger partial charge in [-0.1, -0.05) is 58.4 Å². The van der Waals surface area contributed by atoms with Gasteiger partial charge in [-0.3, -0.25) is 19.8 Å². The SMILES string of the molecule is Cc1cccc(NC(=O)c2cc3cc(Br)ccc3n2NC(=O)C(=O)NCc2ccccc2)c1C. The number of aromatic nitrogens is 1. The second-order valence-electron chi connectivity index (χ2n) is 7.88. The first kappa shape index (κ1) is 23.3. The molecule has 3 N–H and O–H groups in total. The monoisotopic (exact) mass is 518 g/mol. The van der Waals surface area contributed by atoms with Crippen molar-refractivity contribution >= 4 is 50.2 Å². The summed E-state index contributed by atoms with van der Waals surface area (Å²) in [7, 11) is 0. The van der Waals surface area contributed by atoms with Crippen LogP contribution in [0, 0.1) is 13.8 Å². The number of hydrogen-bond acceptors (Lipinski definition) is 3. The first-order valence-corrected chi connectivity index (χ1v) is 11.4. The van der Waals surface area contributed by atoms with Gasteiger partial charge in [-0.15, -0.1) is 0 Å². The van der Waals surface area contributed by atoms with Crippen molar-refractivity contribution in [1.29, 1.82) is 0 Å². The molecule has 8 heteroatoms. The van der Waals surface area contributed by atoms with E-state index in [2.05, 4.69) is 32.0 Å². The zero-order valence-electron chi connectivity index (χ0n) is 18.7. The highest BCUT2D eigenvalue weighted by atomic mass is 79.9. The number of aryl methyl sites for hydroxylation is 1. The van der Waals surface area contributed by atoms with Gasteiger partial charge >= 0.3 is 11.8 Å². The molecule has 0 bridgehead atoms. The zero-order chi connectivity index (χ0) is 24.2. The summed E-state index contributed by atoms with van der Waals surface area (Å²) in [6.07, 6.45) is 0. The minimum Gasteiger partial charge on any atom is -0.344 e. The Labute approximate surface area is 205 Å². The van der Waals surface area contributed by atoms with Crippen molar-refractivity contribution in [2.45, 2.75) is 20.4 Å². The van der Waals surface area contributed by atoms with Crippen molar-refractivity contribution < 1.29 is 14.4 Å². The molecular weight excluding hydrogens is 496 g/mol. The highest BCUT2D eigenvalue weighted by Crippen LogP contribution is 2.25. The molecule has 0 fully saturated rings. The lowest BCUT2D eigenvalue weighted by Gasteiger charge is -2.14. The number of fused-ring (bicyclic) bond motifs is 1. The van der Waals surface area contributed by atoms with Crippen LogP contribution in [0.4, 0.5) is 5.69 Å². The van der Waals surface area contributed by atoms with Gasteiger partial charge in [-0.2, -0.15) is 0 Å². The van der Waals surface area contributed by atoms with Gasteiger partial charge in [0.2, 0.25) is 0 Å². The molecule has 7 nitrogen and oxygen atoms in total. The number of carbonyl (C=O) groups excluding carboxylic acids is 3. The minimum absolute atomic E-state index is 0.193. The third-order valence-electron chi connectivity index (χ3n) is 5.56. The lowest BCUT2D eigenvalue weighted by molar-refractivity contribution is -0.136. The average molecular weight is 519 g/mol. The third kappa shape index (κ3) is 5.02. The molecule has 0 saturated heterocycles. The molecule has 1 aromatic heterocycles. The number of nitrogens with one attached hydrogen (secondary N) is 3. The molecule has 0 aliphatic rings. The summed E-state index contributed by atoms with van der Waals surface area (Å²) < 4.78 is 2.16.